The van der Waals surface area contributed by atoms with Gasteiger partial charge < -0.3 is 39.1 Å². The van der Waals surface area contributed by atoms with Crippen LogP contribution in [-0.4, -0.2) is 73.8 Å². The molecule has 1 atom stereocenters. The molecule has 0 bridgehead atoms. The number of para-hydroxylation sites is 1. The smallest absolute Gasteiger partial charge is 0.307 e. The Labute approximate surface area is 315 Å². The number of aromatic nitrogens is 1. The van der Waals surface area contributed by atoms with Gasteiger partial charge in [0.2, 0.25) is 5.91 Å². The molecule has 0 saturated carbocycles. The van der Waals surface area contributed by atoms with Crippen LogP contribution < -0.4 is 30.3 Å². The Hall–Kier alpha value is -6.90. The largest absolute Gasteiger partial charge is 0.493 e. The minimum atomic E-state index is -0.483. The number of anilines is 3. The van der Waals surface area contributed by atoms with E-state index in [0.29, 0.717) is 63.6 Å². The van der Waals surface area contributed by atoms with Crippen LogP contribution in [0.25, 0.3) is 11.0 Å². The fourth-order valence-electron chi connectivity index (χ4n) is 6.58. The van der Waals surface area contributed by atoms with E-state index in [0.717, 1.165) is 11.3 Å². The highest BCUT2D eigenvalue weighted by Gasteiger charge is 2.36. The highest BCUT2D eigenvalue weighted by atomic mass is 16.5. The van der Waals surface area contributed by atoms with Crippen molar-refractivity contribution in [3.8, 4) is 11.5 Å². The number of furan rings is 1. The number of hydrogen-bond donors (Lipinski definition) is 3. The number of carbonyl (C=O) groups is 5. The predicted octanol–water partition coefficient (Wildman–Crippen LogP) is 5.41. The number of aliphatic imine (C=N–C) groups is 1. The minimum absolute atomic E-state index is 0.0307. The summed E-state index contributed by atoms with van der Waals surface area (Å²) in [6.07, 6.45) is 4.68. The Morgan fingerprint density at radius 2 is 1.76 bits per heavy atom. The maximum atomic E-state index is 13.7. The van der Waals surface area contributed by atoms with Gasteiger partial charge in [0.15, 0.2) is 17.3 Å². The average Bonchev–Trinajstić information content (AvgIpc) is 3.87. The number of ether oxygens (including phenoxy) is 3. The Balaban J connectivity index is 0.910. The molecule has 0 unspecified atom stereocenters. The highest BCUT2D eigenvalue weighted by molar-refractivity contribution is 6.15. The number of nitrogens with one attached hydrogen (secondary N) is 3. The van der Waals surface area contributed by atoms with Crippen molar-refractivity contribution in [3.63, 3.8) is 0 Å². The van der Waals surface area contributed by atoms with Gasteiger partial charge in [-0.3, -0.25) is 33.9 Å². The summed E-state index contributed by atoms with van der Waals surface area (Å²) >= 11 is 0. The molecule has 282 valence electrons. The summed E-state index contributed by atoms with van der Waals surface area (Å²) < 4.78 is 23.3. The summed E-state index contributed by atoms with van der Waals surface area (Å²) in [5, 5.41) is 8.85. The molecule has 0 aliphatic carbocycles. The predicted molar refractivity (Wildman–Crippen MR) is 204 cm³/mol. The van der Waals surface area contributed by atoms with Crippen molar-refractivity contribution in [2.45, 2.75) is 31.7 Å². The van der Waals surface area contributed by atoms with Crippen molar-refractivity contribution in [3.05, 3.63) is 95.5 Å². The van der Waals surface area contributed by atoms with E-state index in [1.807, 2.05) is 24.3 Å². The first-order chi connectivity index (χ1) is 26.6. The van der Waals surface area contributed by atoms with Crippen LogP contribution in [0, 0.1) is 0 Å². The van der Waals surface area contributed by atoms with Gasteiger partial charge in [-0.2, -0.15) is 0 Å². The summed E-state index contributed by atoms with van der Waals surface area (Å²) in [4.78, 5) is 69.8. The molecule has 4 amide bonds. The van der Waals surface area contributed by atoms with E-state index in [-0.39, 0.29) is 49.6 Å². The van der Waals surface area contributed by atoms with Crippen LogP contribution in [0.4, 0.5) is 22.7 Å². The van der Waals surface area contributed by atoms with E-state index in [2.05, 4.69) is 25.7 Å². The van der Waals surface area contributed by atoms with Gasteiger partial charge >= 0.3 is 5.97 Å². The second-order valence-corrected chi connectivity index (χ2v) is 13.0. The normalized spacial score (nSPS) is 14.1. The second kappa shape index (κ2) is 15.6. The Morgan fingerprint density at radius 1 is 0.927 bits per heavy atom. The molecule has 3 aromatic carbocycles. The summed E-state index contributed by atoms with van der Waals surface area (Å²) in [5.74, 6) is -0.893. The number of nitrogens with zero attached hydrogens (tertiary/aromatic N) is 3. The van der Waals surface area contributed by atoms with Crippen LogP contribution in [-0.2, 0) is 27.8 Å². The van der Waals surface area contributed by atoms with E-state index in [9.17, 15) is 24.0 Å². The van der Waals surface area contributed by atoms with E-state index in [1.165, 1.54) is 14.2 Å². The third-order valence-electron chi connectivity index (χ3n) is 9.30. The van der Waals surface area contributed by atoms with Gasteiger partial charge in [-0.15, -0.1) is 0 Å². The molecule has 0 spiro atoms. The van der Waals surface area contributed by atoms with Gasteiger partial charge in [0, 0.05) is 61.7 Å². The van der Waals surface area contributed by atoms with Crippen LogP contribution in [0.1, 0.15) is 56.2 Å². The molecule has 2 aliphatic heterocycles. The molecule has 2 aliphatic rings. The average molecular weight is 747 g/mol. The molecule has 15 heteroatoms. The molecular weight excluding hydrogens is 708 g/mol. The van der Waals surface area contributed by atoms with E-state index < -0.39 is 17.8 Å². The first kappa shape index (κ1) is 36.5. The first-order valence-electron chi connectivity index (χ1n) is 17.6. The van der Waals surface area contributed by atoms with E-state index in [4.69, 9.17) is 13.9 Å². The summed E-state index contributed by atoms with van der Waals surface area (Å²) in [7, 11) is 4.47. The standard InChI is InChI=1S/C40H38N6O9/c1-45-22-26(18-31(45)38(49)44-25-10-11-32-24(15-25)17-35(55-32)39(50)41-13-12-37(48)53-3)43-36(47)9-6-14-54-34-20-29-28(19-33(34)52-2)40(51)46-27(21-42-29)16-23-7-4-5-8-30(23)46/h4-5,7-8,10-11,15,17-22,27H,6,9,12-14,16H2,1-3H3,(H,41,50)(H,43,47)(H,44,49)/t27-/m0/s1. The molecule has 3 N–H and O–H groups in total. The number of rotatable bonds is 13. The van der Waals surface area contributed by atoms with Crippen molar-refractivity contribution in [2.75, 3.05) is 42.9 Å². The first-order valence-corrected chi connectivity index (χ1v) is 17.6. The summed E-state index contributed by atoms with van der Waals surface area (Å²) in [5.41, 5.74) is 4.55. The van der Waals surface area contributed by atoms with Gasteiger partial charge in [-0.05, 0) is 54.4 Å². The fourth-order valence-corrected chi connectivity index (χ4v) is 6.58. The van der Waals surface area contributed by atoms with Crippen LogP contribution in [0.3, 0.4) is 0 Å². The topological polar surface area (TPSA) is 183 Å². The molecule has 4 heterocycles. The number of fused-ring (bicyclic) bond motifs is 5. The molecule has 0 saturated heterocycles. The van der Waals surface area contributed by atoms with Crippen molar-refractivity contribution in [1.29, 1.82) is 0 Å². The zero-order valence-corrected chi connectivity index (χ0v) is 30.3. The van der Waals surface area contributed by atoms with Gasteiger partial charge in [0.25, 0.3) is 17.7 Å². The maximum absolute atomic E-state index is 13.7. The van der Waals surface area contributed by atoms with Crippen molar-refractivity contribution in [2.24, 2.45) is 12.0 Å². The number of carbonyl (C=O) groups excluding carboxylic acids is 5. The zero-order valence-electron chi connectivity index (χ0n) is 30.3. The highest BCUT2D eigenvalue weighted by Crippen LogP contribution is 2.41. The zero-order chi connectivity index (χ0) is 38.6. The van der Waals surface area contributed by atoms with Crippen molar-refractivity contribution in [1.82, 2.24) is 9.88 Å². The van der Waals surface area contributed by atoms with Crippen LogP contribution >= 0.6 is 0 Å². The molecule has 7 rings (SSSR count). The van der Waals surface area contributed by atoms with Gasteiger partial charge in [0.05, 0.1) is 50.2 Å². The number of aryl methyl sites for hydroxylation is 1. The number of amides is 4. The lowest BCUT2D eigenvalue weighted by molar-refractivity contribution is -0.140. The van der Waals surface area contributed by atoms with Crippen molar-refractivity contribution < 1.29 is 42.6 Å². The number of esters is 1. The van der Waals surface area contributed by atoms with Gasteiger partial charge in [-0.25, -0.2) is 0 Å². The number of benzene rings is 3. The van der Waals surface area contributed by atoms with E-state index >= 15 is 0 Å². The molecule has 55 heavy (non-hydrogen) atoms. The Kier molecular flexibility index (Phi) is 10.3. The van der Waals surface area contributed by atoms with Gasteiger partial charge in [-0.1, -0.05) is 18.2 Å². The van der Waals surface area contributed by atoms with E-state index in [1.54, 1.807) is 71.4 Å². The molecule has 15 nitrogen and oxygen atoms in total. The number of methoxy groups -OCH3 is 2. The molecule has 2 aromatic heterocycles. The lowest BCUT2D eigenvalue weighted by atomic mass is 10.1. The van der Waals surface area contributed by atoms with Crippen LogP contribution in [0.2, 0.25) is 0 Å². The summed E-state index contributed by atoms with van der Waals surface area (Å²) in [6.45, 7) is 0.299. The minimum Gasteiger partial charge on any atom is -0.493 e. The monoisotopic (exact) mass is 746 g/mol. The second-order valence-electron chi connectivity index (χ2n) is 13.0. The summed E-state index contributed by atoms with van der Waals surface area (Å²) in [6, 6.07) is 19.1. The molecular formula is C40H38N6O9. The quantitative estimate of drug-likeness (QED) is 0.105. The molecule has 5 aromatic rings. The van der Waals surface area contributed by atoms with Crippen LogP contribution in [0.15, 0.2) is 82.3 Å². The Bertz CT molecular complexity index is 2360. The lowest BCUT2D eigenvalue weighted by Crippen LogP contribution is -2.37. The van der Waals surface area contributed by atoms with Gasteiger partial charge in [0.1, 0.15) is 11.3 Å². The maximum Gasteiger partial charge on any atom is 0.307 e. The Morgan fingerprint density at radius 3 is 2.58 bits per heavy atom. The third kappa shape index (κ3) is 7.76. The van der Waals surface area contributed by atoms with Crippen LogP contribution in [0.5, 0.6) is 11.5 Å². The SMILES string of the molecule is COC(=O)CCNC(=O)c1cc2cc(NC(=O)c3cc(NC(=O)CCCOc4cc5c(cc4OC)C(=O)N4c6ccccc6C[C@H]4C=N5)cn3C)ccc2o1. The number of hydrogen-bond acceptors (Lipinski definition) is 10. The lowest BCUT2D eigenvalue weighted by Gasteiger charge is -2.22. The van der Waals surface area contributed by atoms with Crippen molar-refractivity contribution >= 4 is 69.5 Å². The molecule has 0 radical (unpaired) electrons. The third-order valence-corrected chi connectivity index (χ3v) is 9.30. The fraction of sp³-hybridized carbons (Fsp3) is 0.250. The molecule has 0 fully saturated rings.